The fourth-order valence-corrected chi connectivity index (χ4v) is 2.49. The average Bonchev–Trinajstić information content (AvgIpc) is 2.92. The van der Waals surface area contributed by atoms with Crippen molar-refractivity contribution in [2.45, 2.75) is 43.7 Å². The van der Waals surface area contributed by atoms with Crippen molar-refractivity contribution in [1.82, 2.24) is 15.0 Å². The third-order valence-corrected chi connectivity index (χ3v) is 4.19. The van der Waals surface area contributed by atoms with Gasteiger partial charge in [0.05, 0.1) is 5.92 Å². The van der Waals surface area contributed by atoms with Gasteiger partial charge >= 0.3 is 6.03 Å². The molecule has 104 valence electrons. The van der Waals surface area contributed by atoms with Crippen LogP contribution in [0.2, 0.25) is 0 Å². The van der Waals surface area contributed by atoms with Crippen LogP contribution in [0.15, 0.2) is 4.52 Å². The SMILES string of the molecule is CC1(c2noc([C@@H]3C[C@@H]3F)n2)CCN(C(N)=O)CC1. The van der Waals surface area contributed by atoms with E-state index in [1.165, 1.54) is 0 Å². The van der Waals surface area contributed by atoms with Gasteiger partial charge in [-0.05, 0) is 19.3 Å². The van der Waals surface area contributed by atoms with Gasteiger partial charge in [-0.3, -0.25) is 0 Å². The van der Waals surface area contributed by atoms with Gasteiger partial charge in [0.1, 0.15) is 6.17 Å². The summed E-state index contributed by atoms with van der Waals surface area (Å²) in [7, 11) is 0. The van der Waals surface area contributed by atoms with Crippen LogP contribution < -0.4 is 5.73 Å². The summed E-state index contributed by atoms with van der Waals surface area (Å²) in [5.74, 6) is 0.808. The normalized spacial score (nSPS) is 29.3. The lowest BCUT2D eigenvalue weighted by Gasteiger charge is -2.36. The van der Waals surface area contributed by atoms with Gasteiger partial charge in [-0.1, -0.05) is 12.1 Å². The van der Waals surface area contributed by atoms with Crippen LogP contribution >= 0.6 is 0 Å². The molecule has 0 spiro atoms. The minimum absolute atomic E-state index is 0.212. The van der Waals surface area contributed by atoms with Crippen molar-refractivity contribution in [2.24, 2.45) is 5.73 Å². The Morgan fingerprint density at radius 1 is 1.53 bits per heavy atom. The zero-order valence-electron chi connectivity index (χ0n) is 10.8. The van der Waals surface area contributed by atoms with Crippen LogP contribution in [0.4, 0.5) is 9.18 Å². The largest absolute Gasteiger partial charge is 0.351 e. The Kier molecular flexibility index (Phi) is 2.72. The summed E-state index contributed by atoms with van der Waals surface area (Å²) >= 11 is 0. The van der Waals surface area contributed by atoms with E-state index in [1.54, 1.807) is 4.90 Å². The molecule has 1 aromatic heterocycles. The Labute approximate surface area is 110 Å². The molecule has 19 heavy (non-hydrogen) atoms. The van der Waals surface area contributed by atoms with E-state index < -0.39 is 12.2 Å². The Hall–Kier alpha value is -1.66. The molecule has 0 aromatic carbocycles. The van der Waals surface area contributed by atoms with Crippen molar-refractivity contribution in [3.8, 4) is 0 Å². The number of carbonyl (C=O) groups excluding carboxylic acids is 1. The Balaban J connectivity index is 1.71. The predicted molar refractivity (Wildman–Crippen MR) is 64.3 cm³/mol. The maximum Gasteiger partial charge on any atom is 0.314 e. The molecule has 2 aliphatic rings. The third kappa shape index (κ3) is 2.17. The Morgan fingerprint density at radius 3 is 2.68 bits per heavy atom. The summed E-state index contributed by atoms with van der Waals surface area (Å²) in [5.41, 5.74) is 5.03. The summed E-state index contributed by atoms with van der Waals surface area (Å²) in [4.78, 5) is 17.0. The van der Waals surface area contributed by atoms with Gasteiger partial charge in [0.15, 0.2) is 5.82 Å². The number of amides is 2. The topological polar surface area (TPSA) is 85.2 Å². The van der Waals surface area contributed by atoms with Crippen molar-refractivity contribution in [3.63, 3.8) is 0 Å². The van der Waals surface area contributed by atoms with E-state index >= 15 is 0 Å². The van der Waals surface area contributed by atoms with E-state index in [9.17, 15) is 9.18 Å². The number of hydrogen-bond donors (Lipinski definition) is 1. The number of piperidine rings is 1. The van der Waals surface area contributed by atoms with Crippen LogP contribution in [0.1, 0.15) is 43.8 Å². The molecule has 1 aliphatic heterocycles. The molecule has 0 bridgehead atoms. The van der Waals surface area contributed by atoms with Crippen LogP contribution in [0, 0.1) is 0 Å². The smallest absolute Gasteiger partial charge is 0.314 e. The van der Waals surface area contributed by atoms with E-state index in [4.69, 9.17) is 10.3 Å². The predicted octanol–water partition coefficient (Wildman–Crippen LogP) is 1.33. The second-order valence-corrected chi connectivity index (χ2v) is 5.70. The number of rotatable bonds is 2. The number of nitrogens with two attached hydrogens (primary N) is 1. The highest BCUT2D eigenvalue weighted by molar-refractivity contribution is 5.72. The van der Waals surface area contributed by atoms with Gasteiger partial charge in [-0.25, -0.2) is 9.18 Å². The number of aromatic nitrogens is 2. The molecule has 2 heterocycles. The van der Waals surface area contributed by atoms with Crippen molar-refractivity contribution in [2.75, 3.05) is 13.1 Å². The first-order valence-electron chi connectivity index (χ1n) is 6.52. The van der Waals surface area contributed by atoms with Crippen molar-refractivity contribution < 1.29 is 13.7 Å². The molecule has 3 rings (SSSR count). The first-order chi connectivity index (χ1) is 8.99. The maximum atomic E-state index is 13.0. The number of halogens is 1. The highest BCUT2D eigenvalue weighted by atomic mass is 19.1. The fraction of sp³-hybridized carbons (Fsp3) is 0.750. The van der Waals surface area contributed by atoms with Crippen LogP contribution in [0.25, 0.3) is 0 Å². The van der Waals surface area contributed by atoms with Gasteiger partial charge in [0.25, 0.3) is 0 Å². The number of likely N-dealkylation sites (tertiary alicyclic amines) is 1. The molecular weight excluding hydrogens is 251 g/mol. The van der Waals surface area contributed by atoms with E-state index in [-0.39, 0.29) is 11.3 Å². The van der Waals surface area contributed by atoms with E-state index in [0.29, 0.717) is 31.2 Å². The molecule has 2 N–H and O–H groups in total. The summed E-state index contributed by atoms with van der Waals surface area (Å²) in [6.45, 7) is 3.22. The zero-order valence-corrected chi connectivity index (χ0v) is 10.8. The molecule has 6 nitrogen and oxygen atoms in total. The summed E-state index contributed by atoms with van der Waals surface area (Å²) in [5, 5.41) is 3.99. The number of urea groups is 1. The van der Waals surface area contributed by atoms with Crippen LogP contribution in [0.5, 0.6) is 0 Å². The Morgan fingerprint density at radius 2 is 2.16 bits per heavy atom. The third-order valence-electron chi connectivity index (χ3n) is 4.19. The van der Waals surface area contributed by atoms with Gasteiger partial charge in [0.2, 0.25) is 5.89 Å². The van der Waals surface area contributed by atoms with Crippen molar-refractivity contribution >= 4 is 6.03 Å². The lowest BCUT2D eigenvalue weighted by molar-refractivity contribution is 0.166. The minimum atomic E-state index is -0.835. The van der Waals surface area contributed by atoms with Gasteiger partial charge < -0.3 is 15.2 Å². The maximum absolute atomic E-state index is 13.0. The fourth-order valence-electron chi connectivity index (χ4n) is 2.49. The molecule has 0 unspecified atom stereocenters. The van der Waals surface area contributed by atoms with Gasteiger partial charge in [-0.15, -0.1) is 0 Å². The molecule has 2 fully saturated rings. The van der Waals surface area contributed by atoms with Crippen molar-refractivity contribution in [3.05, 3.63) is 11.7 Å². The van der Waals surface area contributed by atoms with E-state index in [1.807, 2.05) is 6.92 Å². The second-order valence-electron chi connectivity index (χ2n) is 5.70. The molecule has 1 saturated carbocycles. The molecular formula is C12H17FN4O2. The first-order valence-corrected chi connectivity index (χ1v) is 6.52. The molecule has 1 aliphatic carbocycles. The first kappa shape index (κ1) is 12.4. The molecule has 1 aromatic rings. The average molecular weight is 268 g/mol. The molecule has 1 saturated heterocycles. The van der Waals surface area contributed by atoms with E-state index in [0.717, 1.165) is 12.8 Å². The second kappa shape index (κ2) is 4.18. The number of primary amides is 1. The molecule has 2 amide bonds. The molecule has 7 heteroatoms. The lowest BCUT2D eigenvalue weighted by atomic mass is 9.80. The van der Waals surface area contributed by atoms with Gasteiger partial charge in [-0.2, -0.15) is 4.98 Å². The van der Waals surface area contributed by atoms with Crippen molar-refractivity contribution in [1.29, 1.82) is 0 Å². The highest BCUT2D eigenvalue weighted by Crippen LogP contribution is 2.43. The Bertz CT molecular complexity index is 496. The summed E-state index contributed by atoms with van der Waals surface area (Å²) in [6.07, 6.45) is 1.11. The summed E-state index contributed by atoms with van der Waals surface area (Å²) < 4.78 is 18.1. The highest BCUT2D eigenvalue weighted by Gasteiger charge is 2.45. The number of nitrogens with zero attached hydrogens (tertiary/aromatic N) is 3. The summed E-state index contributed by atoms with van der Waals surface area (Å²) in [6, 6.07) is -0.394. The quantitative estimate of drug-likeness (QED) is 0.876. The lowest BCUT2D eigenvalue weighted by Crippen LogP contribution is -2.46. The number of alkyl halides is 1. The number of hydrogen-bond acceptors (Lipinski definition) is 4. The molecule has 2 atom stereocenters. The van der Waals surface area contributed by atoms with Crippen LogP contribution in [-0.2, 0) is 5.41 Å². The van der Waals surface area contributed by atoms with Gasteiger partial charge in [0, 0.05) is 18.5 Å². The van der Waals surface area contributed by atoms with Crippen LogP contribution in [0.3, 0.4) is 0 Å². The zero-order chi connectivity index (χ0) is 13.6. The monoisotopic (exact) mass is 268 g/mol. The van der Waals surface area contributed by atoms with E-state index in [2.05, 4.69) is 10.1 Å². The number of carbonyl (C=O) groups is 1. The minimum Gasteiger partial charge on any atom is -0.351 e. The molecule has 0 radical (unpaired) electrons. The standard InChI is InChI=1S/C12H17FN4O2/c1-12(2-4-17(5-3-12)11(14)18)10-15-9(19-16-10)7-6-8(7)13/h7-8H,2-6H2,1H3,(H2,14,18)/t7-,8+/m1/s1. The van der Waals surface area contributed by atoms with Crippen LogP contribution in [-0.4, -0.2) is 40.3 Å².